The monoisotopic (exact) mass is 428 g/mol. The quantitative estimate of drug-likeness (QED) is 0.269. The van der Waals surface area contributed by atoms with E-state index in [1.807, 2.05) is 52.8 Å². The highest BCUT2D eigenvalue weighted by molar-refractivity contribution is 5.82. The van der Waals surface area contributed by atoms with E-state index in [1.165, 1.54) is 11.6 Å². The fourth-order valence-corrected chi connectivity index (χ4v) is 3.51. The molecule has 1 aromatic rings. The van der Waals surface area contributed by atoms with E-state index >= 15 is 0 Å². The van der Waals surface area contributed by atoms with Crippen molar-refractivity contribution >= 4 is 5.78 Å². The molecule has 1 aromatic carbocycles. The Morgan fingerprint density at radius 1 is 1.06 bits per heavy atom. The van der Waals surface area contributed by atoms with Crippen LogP contribution in [-0.4, -0.2) is 27.2 Å². The summed E-state index contributed by atoms with van der Waals surface area (Å²) in [5, 5.41) is 30.2. The highest BCUT2D eigenvalue weighted by atomic mass is 16.3. The number of aryl methyl sites for hydroxylation is 1. The standard InChI is InChI=1S/C27H40O4/c1-18(2)10-13-26(30)21(5)9-7-8-19(3)14-24(28)15-20(4)11-12-23-17-25(29)16-22(6)27(23)31/h10-11,14,16-17,21,24,28-29,31H,7-9,12-13,15H2,1-6H3/b19-14+,20-11+/t21-,24-/m0/s1. The zero-order chi connectivity index (χ0) is 23.6. The molecule has 0 amide bonds. The molecule has 0 bridgehead atoms. The van der Waals surface area contributed by atoms with Crippen LogP contribution in [0, 0.1) is 12.8 Å². The number of carbonyl (C=O) groups excluding carboxylic acids is 1. The summed E-state index contributed by atoms with van der Waals surface area (Å²) in [6.45, 7) is 11.7. The van der Waals surface area contributed by atoms with Gasteiger partial charge in [-0.3, -0.25) is 4.79 Å². The zero-order valence-corrected chi connectivity index (χ0v) is 20.0. The number of hydrogen-bond donors (Lipinski definition) is 3. The van der Waals surface area contributed by atoms with Gasteiger partial charge in [0.05, 0.1) is 6.10 Å². The van der Waals surface area contributed by atoms with Gasteiger partial charge in [0.25, 0.3) is 0 Å². The summed E-state index contributed by atoms with van der Waals surface area (Å²) < 4.78 is 0. The van der Waals surface area contributed by atoms with Crippen LogP contribution in [0.4, 0.5) is 0 Å². The molecule has 0 saturated heterocycles. The molecule has 1 rings (SSSR count). The first-order valence-corrected chi connectivity index (χ1v) is 11.2. The van der Waals surface area contributed by atoms with E-state index < -0.39 is 6.10 Å². The highest BCUT2D eigenvalue weighted by Gasteiger charge is 2.11. The van der Waals surface area contributed by atoms with E-state index in [0.717, 1.165) is 30.4 Å². The van der Waals surface area contributed by atoms with Crippen LogP contribution in [-0.2, 0) is 11.2 Å². The van der Waals surface area contributed by atoms with E-state index in [9.17, 15) is 20.1 Å². The predicted molar refractivity (Wildman–Crippen MR) is 128 cm³/mol. The Labute approximate surface area is 188 Å². The Hall–Kier alpha value is -2.33. The molecule has 0 radical (unpaired) electrons. The minimum absolute atomic E-state index is 0.0657. The molecule has 4 nitrogen and oxygen atoms in total. The second-order valence-electron chi connectivity index (χ2n) is 9.05. The summed E-state index contributed by atoms with van der Waals surface area (Å²) in [7, 11) is 0. The van der Waals surface area contributed by atoms with E-state index in [-0.39, 0.29) is 23.2 Å². The van der Waals surface area contributed by atoms with Crippen LogP contribution >= 0.6 is 0 Å². The molecule has 0 aromatic heterocycles. The van der Waals surface area contributed by atoms with Gasteiger partial charge in [0.2, 0.25) is 0 Å². The van der Waals surface area contributed by atoms with E-state index in [1.54, 1.807) is 13.0 Å². The summed E-state index contributed by atoms with van der Waals surface area (Å²) in [5.41, 5.74) is 4.64. The number of hydrogen-bond acceptors (Lipinski definition) is 4. The Morgan fingerprint density at radius 2 is 1.74 bits per heavy atom. The number of aromatic hydroxyl groups is 2. The van der Waals surface area contributed by atoms with E-state index in [0.29, 0.717) is 30.4 Å². The van der Waals surface area contributed by atoms with Crippen molar-refractivity contribution in [2.45, 2.75) is 86.2 Å². The lowest BCUT2D eigenvalue weighted by molar-refractivity contribution is -0.121. The third-order valence-corrected chi connectivity index (χ3v) is 5.51. The first kappa shape index (κ1) is 26.7. The molecule has 0 spiro atoms. The lowest BCUT2D eigenvalue weighted by atomic mass is 9.95. The fourth-order valence-electron chi connectivity index (χ4n) is 3.51. The maximum absolute atomic E-state index is 12.1. The molecule has 0 aliphatic heterocycles. The fraction of sp³-hybridized carbons (Fsp3) is 0.519. The van der Waals surface area contributed by atoms with Crippen molar-refractivity contribution in [3.05, 3.63) is 58.2 Å². The topological polar surface area (TPSA) is 77.8 Å². The Bertz CT molecular complexity index is 826. The number of rotatable bonds is 12. The van der Waals surface area contributed by atoms with Gasteiger partial charge in [0.1, 0.15) is 17.3 Å². The normalized spacial score (nSPS) is 14.3. The first-order valence-electron chi connectivity index (χ1n) is 11.2. The summed E-state index contributed by atoms with van der Waals surface area (Å²) in [5.74, 6) is 0.696. The Kier molecular flexibility index (Phi) is 11.3. The predicted octanol–water partition coefficient (Wildman–Crippen LogP) is 6.32. The molecule has 3 N–H and O–H groups in total. The molecule has 2 atom stereocenters. The van der Waals surface area contributed by atoms with Crippen LogP contribution in [0.15, 0.2) is 47.1 Å². The third-order valence-electron chi connectivity index (χ3n) is 5.51. The van der Waals surface area contributed by atoms with Gasteiger partial charge in [-0.15, -0.1) is 0 Å². The number of ketones is 1. The van der Waals surface area contributed by atoms with Gasteiger partial charge in [-0.05, 0) is 84.4 Å². The van der Waals surface area contributed by atoms with Crippen molar-refractivity contribution in [2.24, 2.45) is 5.92 Å². The largest absolute Gasteiger partial charge is 0.508 e. The SMILES string of the molecule is CC(C)=CCC(=O)[C@@H](C)CCC/C(C)=C/[C@H](O)C/C(C)=C/Cc1cc(O)cc(C)c1O. The van der Waals surface area contributed by atoms with Crippen molar-refractivity contribution in [1.82, 2.24) is 0 Å². The number of carbonyl (C=O) groups is 1. The van der Waals surface area contributed by atoms with Gasteiger partial charge in [0.15, 0.2) is 0 Å². The number of aliphatic hydroxyl groups excluding tert-OH is 1. The summed E-state index contributed by atoms with van der Waals surface area (Å²) >= 11 is 0. The van der Waals surface area contributed by atoms with Gasteiger partial charge >= 0.3 is 0 Å². The molecule has 0 aliphatic rings. The molecule has 31 heavy (non-hydrogen) atoms. The van der Waals surface area contributed by atoms with Crippen molar-refractivity contribution in [3.8, 4) is 11.5 Å². The third kappa shape index (κ3) is 10.5. The molecule has 0 aliphatic carbocycles. The second-order valence-corrected chi connectivity index (χ2v) is 9.05. The van der Waals surface area contributed by atoms with Gasteiger partial charge < -0.3 is 15.3 Å². The number of phenols is 2. The van der Waals surface area contributed by atoms with Crippen molar-refractivity contribution in [3.63, 3.8) is 0 Å². The molecule has 172 valence electrons. The van der Waals surface area contributed by atoms with Gasteiger partial charge in [0, 0.05) is 17.9 Å². The molecule has 0 unspecified atom stereocenters. The number of benzene rings is 1. The molecule has 4 heteroatoms. The number of phenolic OH excluding ortho intramolecular Hbond substituents is 2. The average molecular weight is 429 g/mol. The van der Waals surface area contributed by atoms with Crippen molar-refractivity contribution < 1.29 is 20.1 Å². The van der Waals surface area contributed by atoms with Crippen molar-refractivity contribution in [1.29, 1.82) is 0 Å². The maximum atomic E-state index is 12.1. The summed E-state index contributed by atoms with van der Waals surface area (Å²) in [6, 6.07) is 3.10. The smallest absolute Gasteiger partial charge is 0.139 e. The molecular formula is C27H40O4. The Balaban J connectivity index is 2.49. The van der Waals surface area contributed by atoms with Crippen LogP contribution in [0.25, 0.3) is 0 Å². The number of allylic oxidation sites excluding steroid dienone is 4. The lowest BCUT2D eigenvalue weighted by Crippen LogP contribution is -2.10. The summed E-state index contributed by atoms with van der Waals surface area (Å²) in [6.07, 6.45) is 9.49. The second kappa shape index (κ2) is 13.2. The maximum Gasteiger partial charge on any atom is 0.139 e. The first-order chi connectivity index (χ1) is 14.5. The Morgan fingerprint density at radius 3 is 2.39 bits per heavy atom. The lowest BCUT2D eigenvalue weighted by Gasteiger charge is -2.11. The molecule has 0 fully saturated rings. The van der Waals surface area contributed by atoms with Crippen molar-refractivity contribution in [2.75, 3.05) is 0 Å². The molecule has 0 saturated carbocycles. The number of aliphatic hydroxyl groups is 1. The van der Waals surface area contributed by atoms with Crippen LogP contribution in [0.2, 0.25) is 0 Å². The van der Waals surface area contributed by atoms with E-state index in [2.05, 4.69) is 0 Å². The van der Waals surface area contributed by atoms with Crippen LogP contribution in [0.3, 0.4) is 0 Å². The van der Waals surface area contributed by atoms with Crippen LogP contribution < -0.4 is 0 Å². The molecule has 0 heterocycles. The van der Waals surface area contributed by atoms with Crippen LogP contribution in [0.5, 0.6) is 11.5 Å². The number of Topliss-reactive ketones (excluding diaryl/α,β-unsaturated/α-hetero) is 1. The highest BCUT2D eigenvalue weighted by Crippen LogP contribution is 2.28. The summed E-state index contributed by atoms with van der Waals surface area (Å²) in [4.78, 5) is 12.1. The zero-order valence-electron chi connectivity index (χ0n) is 20.0. The average Bonchev–Trinajstić information content (AvgIpc) is 2.67. The van der Waals surface area contributed by atoms with Gasteiger partial charge in [-0.2, -0.15) is 0 Å². The van der Waals surface area contributed by atoms with Gasteiger partial charge in [-0.1, -0.05) is 41.9 Å². The minimum atomic E-state index is -0.563. The van der Waals surface area contributed by atoms with Gasteiger partial charge in [-0.25, -0.2) is 0 Å². The van der Waals surface area contributed by atoms with E-state index in [4.69, 9.17) is 0 Å². The minimum Gasteiger partial charge on any atom is -0.508 e. The van der Waals surface area contributed by atoms with Crippen LogP contribution in [0.1, 0.15) is 77.8 Å². The molecular weight excluding hydrogens is 388 g/mol.